The maximum atomic E-state index is 12.7. The number of benzene rings is 2. The molecule has 0 spiro atoms. The molecule has 1 fully saturated rings. The molecule has 114 valence electrons. The highest BCUT2D eigenvalue weighted by Crippen LogP contribution is 2.28. The van der Waals surface area contributed by atoms with Crippen LogP contribution < -0.4 is 5.32 Å². The minimum Gasteiger partial charge on any atom is -0.506 e. The first-order valence-electron chi connectivity index (χ1n) is 7.69. The maximum Gasteiger partial charge on any atom is 0.255 e. The second-order valence-electron chi connectivity index (χ2n) is 5.54. The molecule has 4 heteroatoms. The lowest BCUT2D eigenvalue weighted by Gasteiger charge is -2.27. The summed E-state index contributed by atoms with van der Waals surface area (Å²) in [4.78, 5) is 14.6. The first-order chi connectivity index (χ1) is 10.8. The number of aromatic hydroxyl groups is 1. The number of nitrogens with zero attached hydrogens (tertiary/aromatic N) is 1. The Morgan fingerprint density at radius 1 is 0.909 bits per heavy atom. The van der Waals surface area contributed by atoms with Crippen LogP contribution in [-0.2, 0) is 0 Å². The third-order valence-electron chi connectivity index (χ3n) is 3.97. The van der Waals surface area contributed by atoms with Gasteiger partial charge in [-0.3, -0.25) is 4.79 Å². The van der Waals surface area contributed by atoms with E-state index in [1.54, 1.807) is 18.2 Å². The van der Waals surface area contributed by atoms with Crippen molar-refractivity contribution in [1.82, 2.24) is 4.90 Å². The molecule has 22 heavy (non-hydrogen) atoms. The number of hydrogen-bond donors (Lipinski definition) is 2. The molecule has 0 bridgehead atoms. The van der Waals surface area contributed by atoms with Crippen LogP contribution in [-0.4, -0.2) is 29.0 Å². The fourth-order valence-corrected chi connectivity index (χ4v) is 2.77. The summed E-state index contributed by atoms with van der Waals surface area (Å²) in [5.41, 5.74) is 1.97. The van der Waals surface area contributed by atoms with Gasteiger partial charge in [-0.15, -0.1) is 0 Å². The van der Waals surface area contributed by atoms with Crippen molar-refractivity contribution >= 4 is 17.3 Å². The Labute approximate surface area is 130 Å². The molecule has 0 atom stereocenters. The molecule has 2 N–H and O–H groups in total. The minimum absolute atomic E-state index is 0.0539. The molecule has 1 saturated heterocycles. The lowest BCUT2D eigenvalue weighted by Crippen LogP contribution is -2.35. The molecule has 1 amide bonds. The highest BCUT2D eigenvalue weighted by molar-refractivity contribution is 6.00. The first-order valence-corrected chi connectivity index (χ1v) is 7.69. The molecular weight excluding hydrogens is 276 g/mol. The molecule has 4 nitrogen and oxygen atoms in total. The summed E-state index contributed by atoms with van der Waals surface area (Å²) >= 11 is 0. The summed E-state index contributed by atoms with van der Waals surface area (Å²) in [7, 11) is 0. The van der Waals surface area contributed by atoms with E-state index < -0.39 is 0 Å². The Hall–Kier alpha value is -2.49. The van der Waals surface area contributed by atoms with Crippen molar-refractivity contribution in [3.8, 4) is 5.75 Å². The van der Waals surface area contributed by atoms with Crippen LogP contribution in [0.15, 0.2) is 48.5 Å². The molecule has 2 aromatic carbocycles. The van der Waals surface area contributed by atoms with Crippen LogP contribution in [0.5, 0.6) is 5.75 Å². The van der Waals surface area contributed by atoms with Crippen molar-refractivity contribution < 1.29 is 9.90 Å². The molecule has 0 aromatic heterocycles. The fourth-order valence-electron chi connectivity index (χ4n) is 2.77. The molecule has 0 saturated carbocycles. The van der Waals surface area contributed by atoms with E-state index in [2.05, 4.69) is 5.32 Å². The van der Waals surface area contributed by atoms with Crippen molar-refractivity contribution in [1.29, 1.82) is 0 Å². The molecule has 0 unspecified atom stereocenters. The average molecular weight is 296 g/mol. The van der Waals surface area contributed by atoms with E-state index in [1.165, 1.54) is 6.42 Å². The zero-order valence-corrected chi connectivity index (χ0v) is 12.5. The molecule has 2 aromatic rings. The standard InChI is InChI=1S/C18H20N2O2/c21-17-11-5-4-10-16(17)19-15-9-3-2-8-14(15)18(22)20-12-6-1-7-13-20/h2-5,8-11,19,21H,1,6-7,12-13H2. The summed E-state index contributed by atoms with van der Waals surface area (Å²) in [5.74, 6) is 0.223. The Kier molecular flexibility index (Phi) is 4.28. The predicted molar refractivity (Wildman–Crippen MR) is 87.6 cm³/mol. The van der Waals surface area contributed by atoms with Crippen LogP contribution >= 0.6 is 0 Å². The van der Waals surface area contributed by atoms with Gasteiger partial charge in [-0.25, -0.2) is 0 Å². The van der Waals surface area contributed by atoms with Gasteiger partial charge in [0.15, 0.2) is 0 Å². The number of rotatable bonds is 3. The van der Waals surface area contributed by atoms with Crippen LogP contribution in [0, 0.1) is 0 Å². The summed E-state index contributed by atoms with van der Waals surface area (Å²) in [6.07, 6.45) is 3.34. The molecule has 3 rings (SSSR count). The summed E-state index contributed by atoms with van der Waals surface area (Å²) in [6, 6.07) is 14.5. The van der Waals surface area contributed by atoms with E-state index in [4.69, 9.17) is 0 Å². The normalized spacial score (nSPS) is 14.6. The Bertz CT molecular complexity index is 664. The van der Waals surface area contributed by atoms with Crippen molar-refractivity contribution in [2.75, 3.05) is 18.4 Å². The lowest BCUT2D eigenvalue weighted by molar-refractivity contribution is 0.0725. The van der Waals surface area contributed by atoms with Gasteiger partial charge in [-0.2, -0.15) is 0 Å². The number of likely N-dealkylation sites (tertiary alicyclic amines) is 1. The van der Waals surface area contributed by atoms with Gasteiger partial charge in [-0.05, 0) is 43.5 Å². The van der Waals surface area contributed by atoms with Gasteiger partial charge in [0, 0.05) is 13.1 Å². The van der Waals surface area contributed by atoms with Gasteiger partial charge in [0.2, 0.25) is 0 Å². The van der Waals surface area contributed by atoms with E-state index >= 15 is 0 Å². The third-order valence-corrected chi connectivity index (χ3v) is 3.97. The second kappa shape index (κ2) is 6.52. The smallest absolute Gasteiger partial charge is 0.255 e. The van der Waals surface area contributed by atoms with Gasteiger partial charge in [0.1, 0.15) is 5.75 Å². The van der Waals surface area contributed by atoms with Crippen LogP contribution in [0.25, 0.3) is 0 Å². The van der Waals surface area contributed by atoms with Crippen molar-refractivity contribution in [2.24, 2.45) is 0 Å². The van der Waals surface area contributed by atoms with E-state index in [-0.39, 0.29) is 11.7 Å². The zero-order chi connectivity index (χ0) is 15.4. The fraction of sp³-hybridized carbons (Fsp3) is 0.278. The van der Waals surface area contributed by atoms with Crippen LogP contribution in [0.4, 0.5) is 11.4 Å². The van der Waals surface area contributed by atoms with E-state index in [1.807, 2.05) is 35.2 Å². The molecule has 1 aliphatic heterocycles. The van der Waals surface area contributed by atoms with Crippen LogP contribution in [0.2, 0.25) is 0 Å². The number of piperidine rings is 1. The number of amides is 1. The number of hydrogen-bond acceptors (Lipinski definition) is 3. The molecule has 0 radical (unpaired) electrons. The van der Waals surface area contributed by atoms with E-state index in [0.29, 0.717) is 11.3 Å². The number of phenols is 1. The summed E-state index contributed by atoms with van der Waals surface area (Å²) in [5, 5.41) is 13.1. The SMILES string of the molecule is O=C(c1ccccc1Nc1ccccc1O)N1CCCCC1. The number of anilines is 2. The number of phenolic OH excluding ortho intramolecular Hbond substituents is 1. The van der Waals surface area contributed by atoms with Crippen molar-refractivity contribution in [3.63, 3.8) is 0 Å². The summed E-state index contributed by atoms with van der Waals surface area (Å²) in [6.45, 7) is 1.65. The second-order valence-corrected chi connectivity index (χ2v) is 5.54. The van der Waals surface area contributed by atoms with Gasteiger partial charge >= 0.3 is 0 Å². The highest BCUT2D eigenvalue weighted by Gasteiger charge is 2.20. The van der Waals surface area contributed by atoms with Gasteiger partial charge < -0.3 is 15.3 Å². The van der Waals surface area contributed by atoms with Gasteiger partial charge in [0.25, 0.3) is 5.91 Å². The van der Waals surface area contributed by atoms with E-state index in [9.17, 15) is 9.90 Å². The minimum atomic E-state index is 0.0539. The molecule has 0 aliphatic carbocycles. The number of para-hydroxylation sites is 3. The lowest BCUT2D eigenvalue weighted by atomic mass is 10.1. The van der Waals surface area contributed by atoms with E-state index in [0.717, 1.165) is 31.6 Å². The Morgan fingerprint density at radius 3 is 2.27 bits per heavy atom. The molecular formula is C18H20N2O2. The number of carbonyl (C=O) groups is 1. The third kappa shape index (κ3) is 3.06. The van der Waals surface area contributed by atoms with Gasteiger partial charge in [0.05, 0.1) is 16.9 Å². The topological polar surface area (TPSA) is 52.6 Å². The Balaban J connectivity index is 1.86. The maximum absolute atomic E-state index is 12.7. The van der Waals surface area contributed by atoms with Crippen molar-refractivity contribution in [3.05, 3.63) is 54.1 Å². The average Bonchev–Trinajstić information content (AvgIpc) is 2.58. The first kappa shape index (κ1) is 14.4. The van der Waals surface area contributed by atoms with Crippen molar-refractivity contribution in [2.45, 2.75) is 19.3 Å². The van der Waals surface area contributed by atoms with Gasteiger partial charge in [-0.1, -0.05) is 24.3 Å². The largest absolute Gasteiger partial charge is 0.506 e. The van der Waals surface area contributed by atoms with Crippen LogP contribution in [0.3, 0.4) is 0 Å². The Morgan fingerprint density at radius 2 is 1.55 bits per heavy atom. The molecule has 1 aliphatic rings. The quantitative estimate of drug-likeness (QED) is 0.848. The molecule has 1 heterocycles. The monoisotopic (exact) mass is 296 g/mol. The number of carbonyl (C=O) groups excluding carboxylic acids is 1. The summed E-state index contributed by atoms with van der Waals surface area (Å²) < 4.78 is 0. The van der Waals surface area contributed by atoms with Crippen LogP contribution in [0.1, 0.15) is 29.6 Å². The zero-order valence-electron chi connectivity index (χ0n) is 12.5. The predicted octanol–water partition coefficient (Wildman–Crippen LogP) is 3.76. The highest BCUT2D eigenvalue weighted by atomic mass is 16.3. The number of nitrogens with one attached hydrogen (secondary N) is 1.